The van der Waals surface area contributed by atoms with Gasteiger partial charge >= 0.3 is 5.97 Å². The minimum absolute atomic E-state index is 0.0341. The Bertz CT molecular complexity index is 361. The summed E-state index contributed by atoms with van der Waals surface area (Å²) >= 11 is 3.32. The molecule has 0 aromatic heterocycles. The van der Waals surface area contributed by atoms with Gasteiger partial charge in [0.1, 0.15) is 5.75 Å². The highest BCUT2D eigenvalue weighted by atomic mass is 79.9. The van der Waals surface area contributed by atoms with Crippen molar-refractivity contribution in [2.75, 3.05) is 0 Å². The molecule has 1 rings (SSSR count). The lowest BCUT2D eigenvalue weighted by atomic mass is 10.1. The minimum Gasteiger partial charge on any atom is -0.491 e. The van der Waals surface area contributed by atoms with E-state index in [1.807, 2.05) is 26.0 Å². The van der Waals surface area contributed by atoms with E-state index in [9.17, 15) is 4.79 Å². The molecule has 0 aliphatic carbocycles. The fraction of sp³-hybridized carbons (Fsp3) is 0.364. The summed E-state index contributed by atoms with van der Waals surface area (Å²) in [6.07, 6.45) is -0.00410. The van der Waals surface area contributed by atoms with Crippen molar-refractivity contribution >= 4 is 21.9 Å². The van der Waals surface area contributed by atoms with E-state index in [2.05, 4.69) is 15.9 Å². The molecule has 0 spiro atoms. The number of benzene rings is 1. The Morgan fingerprint density at radius 3 is 2.73 bits per heavy atom. The molecule has 0 saturated heterocycles. The predicted molar refractivity (Wildman–Crippen MR) is 61.2 cm³/mol. The lowest BCUT2D eigenvalue weighted by molar-refractivity contribution is -0.136. The summed E-state index contributed by atoms with van der Waals surface area (Å²) < 4.78 is 6.30. The average molecular weight is 273 g/mol. The highest BCUT2D eigenvalue weighted by Crippen LogP contribution is 2.28. The summed E-state index contributed by atoms with van der Waals surface area (Å²) in [5.74, 6) is -0.239. The van der Waals surface area contributed by atoms with E-state index in [0.29, 0.717) is 11.3 Å². The summed E-state index contributed by atoms with van der Waals surface area (Å²) in [4.78, 5) is 10.7. The molecule has 0 unspecified atom stereocenters. The van der Waals surface area contributed by atoms with Crippen LogP contribution in [0.5, 0.6) is 5.75 Å². The smallest absolute Gasteiger partial charge is 0.308 e. The molecule has 1 aromatic rings. The van der Waals surface area contributed by atoms with Crippen molar-refractivity contribution in [1.82, 2.24) is 0 Å². The number of halogens is 1. The number of ether oxygens (including phenoxy) is 1. The van der Waals surface area contributed by atoms with Crippen molar-refractivity contribution in [3.05, 3.63) is 28.2 Å². The molecule has 0 atom stereocenters. The van der Waals surface area contributed by atoms with Crippen LogP contribution in [-0.2, 0) is 11.2 Å². The Labute approximate surface area is 97.2 Å². The third-order valence-corrected chi connectivity index (χ3v) is 2.51. The zero-order valence-electron chi connectivity index (χ0n) is 8.66. The van der Waals surface area contributed by atoms with E-state index in [1.54, 1.807) is 6.07 Å². The first-order valence-corrected chi connectivity index (χ1v) is 5.46. The standard InChI is InChI=1S/C11H13BrO3/c1-7(2)15-10-5-3-4-9(12)8(10)6-11(13)14/h3-5,7H,6H2,1-2H3,(H,13,14). The molecular formula is C11H13BrO3. The van der Waals surface area contributed by atoms with Crippen LogP contribution in [0.3, 0.4) is 0 Å². The van der Waals surface area contributed by atoms with Crippen molar-refractivity contribution in [3.8, 4) is 5.75 Å². The van der Waals surface area contributed by atoms with E-state index >= 15 is 0 Å². The Morgan fingerprint density at radius 1 is 1.53 bits per heavy atom. The van der Waals surface area contributed by atoms with E-state index in [1.165, 1.54) is 0 Å². The maximum absolute atomic E-state index is 10.7. The van der Waals surface area contributed by atoms with Gasteiger partial charge in [0.05, 0.1) is 12.5 Å². The van der Waals surface area contributed by atoms with E-state index < -0.39 is 5.97 Å². The first-order chi connectivity index (χ1) is 7.00. The molecule has 0 amide bonds. The number of hydrogen-bond acceptors (Lipinski definition) is 2. The quantitative estimate of drug-likeness (QED) is 0.917. The number of carboxylic acid groups (broad SMARTS) is 1. The maximum atomic E-state index is 10.7. The van der Waals surface area contributed by atoms with Gasteiger partial charge in [-0.1, -0.05) is 22.0 Å². The molecule has 0 radical (unpaired) electrons. The summed E-state index contributed by atoms with van der Waals surface area (Å²) in [7, 11) is 0. The van der Waals surface area contributed by atoms with Gasteiger partial charge in [0, 0.05) is 10.0 Å². The summed E-state index contributed by atoms with van der Waals surface area (Å²) in [6.45, 7) is 3.82. The second-order valence-corrected chi connectivity index (χ2v) is 4.31. The Hall–Kier alpha value is -1.03. The fourth-order valence-electron chi connectivity index (χ4n) is 1.23. The molecule has 0 aliphatic heterocycles. The zero-order chi connectivity index (χ0) is 11.4. The molecular weight excluding hydrogens is 260 g/mol. The van der Waals surface area contributed by atoms with Crippen LogP contribution in [0.25, 0.3) is 0 Å². The van der Waals surface area contributed by atoms with Crippen LogP contribution in [0.2, 0.25) is 0 Å². The first-order valence-electron chi connectivity index (χ1n) is 4.66. The molecule has 82 valence electrons. The first kappa shape index (κ1) is 12.0. The van der Waals surface area contributed by atoms with Crippen LogP contribution in [0, 0.1) is 0 Å². The minimum atomic E-state index is -0.865. The third kappa shape index (κ3) is 3.55. The van der Waals surface area contributed by atoms with Gasteiger partial charge in [-0.05, 0) is 26.0 Å². The number of carboxylic acids is 1. The van der Waals surface area contributed by atoms with Crippen LogP contribution in [0.15, 0.2) is 22.7 Å². The van der Waals surface area contributed by atoms with Gasteiger partial charge in [-0.2, -0.15) is 0 Å². The molecule has 0 aliphatic rings. The van der Waals surface area contributed by atoms with Gasteiger partial charge in [-0.25, -0.2) is 0 Å². The topological polar surface area (TPSA) is 46.5 Å². The van der Waals surface area contributed by atoms with Crippen LogP contribution < -0.4 is 4.74 Å². The van der Waals surface area contributed by atoms with Crippen molar-refractivity contribution in [2.24, 2.45) is 0 Å². The lowest BCUT2D eigenvalue weighted by Crippen LogP contribution is -2.10. The molecule has 1 aromatic carbocycles. The maximum Gasteiger partial charge on any atom is 0.308 e. The van der Waals surface area contributed by atoms with Gasteiger partial charge in [-0.15, -0.1) is 0 Å². The molecule has 1 N–H and O–H groups in total. The average Bonchev–Trinajstić information content (AvgIpc) is 2.09. The predicted octanol–water partition coefficient (Wildman–Crippen LogP) is 2.86. The number of hydrogen-bond donors (Lipinski definition) is 1. The van der Waals surface area contributed by atoms with Crippen molar-refractivity contribution in [3.63, 3.8) is 0 Å². The monoisotopic (exact) mass is 272 g/mol. The van der Waals surface area contributed by atoms with Crippen LogP contribution in [0.1, 0.15) is 19.4 Å². The normalized spacial score (nSPS) is 10.4. The second kappa shape index (κ2) is 5.16. The Balaban J connectivity index is 3.02. The number of rotatable bonds is 4. The van der Waals surface area contributed by atoms with Crippen LogP contribution >= 0.6 is 15.9 Å². The van der Waals surface area contributed by atoms with E-state index in [0.717, 1.165) is 4.47 Å². The molecule has 3 nitrogen and oxygen atoms in total. The van der Waals surface area contributed by atoms with Gasteiger partial charge in [0.2, 0.25) is 0 Å². The van der Waals surface area contributed by atoms with Crippen LogP contribution in [0.4, 0.5) is 0 Å². The molecule has 0 heterocycles. The third-order valence-electron chi connectivity index (χ3n) is 1.77. The van der Waals surface area contributed by atoms with Crippen LogP contribution in [-0.4, -0.2) is 17.2 Å². The Morgan fingerprint density at radius 2 is 2.20 bits per heavy atom. The fourth-order valence-corrected chi connectivity index (χ4v) is 1.71. The van der Waals surface area contributed by atoms with Crippen molar-refractivity contribution in [2.45, 2.75) is 26.4 Å². The number of carbonyl (C=O) groups is 1. The van der Waals surface area contributed by atoms with Gasteiger partial charge in [-0.3, -0.25) is 4.79 Å². The van der Waals surface area contributed by atoms with E-state index in [4.69, 9.17) is 9.84 Å². The molecule has 4 heteroatoms. The molecule has 15 heavy (non-hydrogen) atoms. The second-order valence-electron chi connectivity index (χ2n) is 3.45. The zero-order valence-corrected chi connectivity index (χ0v) is 10.2. The molecule has 0 fully saturated rings. The highest BCUT2D eigenvalue weighted by Gasteiger charge is 2.12. The highest BCUT2D eigenvalue weighted by molar-refractivity contribution is 9.10. The van der Waals surface area contributed by atoms with E-state index in [-0.39, 0.29) is 12.5 Å². The van der Waals surface area contributed by atoms with Gasteiger partial charge in [0.15, 0.2) is 0 Å². The lowest BCUT2D eigenvalue weighted by Gasteiger charge is -2.14. The van der Waals surface area contributed by atoms with Gasteiger partial charge < -0.3 is 9.84 Å². The number of aliphatic carboxylic acids is 1. The van der Waals surface area contributed by atoms with Crippen molar-refractivity contribution < 1.29 is 14.6 Å². The molecule has 0 bridgehead atoms. The molecule has 0 saturated carbocycles. The van der Waals surface area contributed by atoms with Gasteiger partial charge in [0.25, 0.3) is 0 Å². The largest absolute Gasteiger partial charge is 0.491 e. The summed E-state index contributed by atoms with van der Waals surface area (Å²) in [6, 6.07) is 5.42. The SMILES string of the molecule is CC(C)Oc1cccc(Br)c1CC(=O)O. The van der Waals surface area contributed by atoms with Crippen molar-refractivity contribution in [1.29, 1.82) is 0 Å². The summed E-state index contributed by atoms with van der Waals surface area (Å²) in [5.41, 5.74) is 0.679. The summed E-state index contributed by atoms with van der Waals surface area (Å²) in [5, 5.41) is 8.77. The Kier molecular flexibility index (Phi) is 4.15.